The monoisotopic (exact) mass is 461 g/mol. The number of carbonyl (C=O) groups is 1. The van der Waals surface area contributed by atoms with Crippen molar-refractivity contribution in [3.05, 3.63) is 55.4 Å². The minimum atomic E-state index is -0.990. The summed E-state index contributed by atoms with van der Waals surface area (Å²) in [5.74, 6) is -0.238. The number of benzene rings is 2. The number of carboxylic acid groups (broad SMARTS) is 1. The number of nitrogens with one attached hydrogen (secondary N) is 1. The average Bonchev–Trinajstić information content (AvgIpc) is 2.50. The van der Waals surface area contributed by atoms with E-state index in [4.69, 9.17) is 21.4 Å². The fourth-order valence-electron chi connectivity index (χ4n) is 1.99. The molecule has 122 valence electrons. The molecule has 0 aliphatic heterocycles. The van der Waals surface area contributed by atoms with Crippen LogP contribution in [0.15, 0.2) is 39.3 Å². The molecule has 7 heteroatoms. The van der Waals surface area contributed by atoms with E-state index in [1.165, 1.54) is 12.1 Å². The van der Waals surface area contributed by atoms with Crippen molar-refractivity contribution in [1.29, 1.82) is 0 Å². The molecule has 0 spiro atoms. The van der Waals surface area contributed by atoms with Crippen LogP contribution in [0.3, 0.4) is 0 Å². The van der Waals surface area contributed by atoms with Gasteiger partial charge in [0.1, 0.15) is 5.75 Å². The molecule has 0 aliphatic carbocycles. The van der Waals surface area contributed by atoms with E-state index in [0.29, 0.717) is 23.9 Å². The number of anilines is 1. The lowest BCUT2D eigenvalue weighted by atomic mass is 10.2. The third-order valence-electron chi connectivity index (χ3n) is 3.04. The normalized spacial score (nSPS) is 10.4. The Bertz CT molecular complexity index is 714. The molecule has 0 unspecified atom stereocenters. The summed E-state index contributed by atoms with van der Waals surface area (Å²) in [6, 6.07) is 8.44. The lowest BCUT2D eigenvalue weighted by molar-refractivity contribution is 0.0697. The summed E-state index contributed by atoms with van der Waals surface area (Å²) in [5, 5.41) is 12.7. The summed E-state index contributed by atoms with van der Waals surface area (Å²) in [6.07, 6.45) is 0. The van der Waals surface area contributed by atoms with Crippen molar-refractivity contribution in [3.8, 4) is 5.75 Å². The first-order valence-electron chi connectivity index (χ1n) is 6.79. The number of rotatable bonds is 6. The van der Waals surface area contributed by atoms with E-state index in [2.05, 4.69) is 37.2 Å². The highest BCUT2D eigenvalue weighted by Crippen LogP contribution is 2.35. The Kier molecular flexibility index (Phi) is 6.33. The second-order valence-electron chi connectivity index (χ2n) is 4.67. The molecule has 0 aromatic heterocycles. The van der Waals surface area contributed by atoms with Gasteiger partial charge in [-0.05, 0) is 74.7 Å². The smallest absolute Gasteiger partial charge is 0.335 e. The molecule has 2 rings (SSSR count). The molecular formula is C16H14Br2ClNO3. The maximum atomic E-state index is 11.0. The van der Waals surface area contributed by atoms with E-state index in [9.17, 15) is 4.79 Å². The number of aromatic carboxylic acids is 1. The quantitative estimate of drug-likeness (QED) is 0.588. The molecular weight excluding hydrogens is 449 g/mol. The number of halogens is 3. The van der Waals surface area contributed by atoms with E-state index in [1.807, 2.05) is 19.1 Å². The molecule has 0 amide bonds. The Hall–Kier alpha value is -1.24. The molecule has 2 aromatic carbocycles. The molecule has 0 radical (unpaired) electrons. The zero-order valence-electron chi connectivity index (χ0n) is 12.2. The summed E-state index contributed by atoms with van der Waals surface area (Å²) in [6.45, 7) is 2.99. The summed E-state index contributed by atoms with van der Waals surface area (Å²) in [5.41, 5.74) is 1.75. The standard InChI is InChI=1S/C16H14Br2ClNO3/c1-2-23-15-11(17)5-9(6-12(15)18)8-20-14-7-10(16(21)22)3-4-13(14)19/h3-7,20H,2,8H2,1H3,(H,21,22). The molecule has 0 aliphatic rings. The van der Waals surface area contributed by atoms with Crippen LogP contribution >= 0.6 is 43.5 Å². The molecule has 0 saturated heterocycles. The van der Waals surface area contributed by atoms with Crippen molar-refractivity contribution in [3.63, 3.8) is 0 Å². The van der Waals surface area contributed by atoms with Crippen LogP contribution in [0.1, 0.15) is 22.8 Å². The number of hydrogen-bond acceptors (Lipinski definition) is 3. The summed E-state index contributed by atoms with van der Waals surface area (Å²) in [7, 11) is 0. The molecule has 0 heterocycles. The topological polar surface area (TPSA) is 58.6 Å². The molecule has 0 bridgehead atoms. The van der Waals surface area contributed by atoms with Crippen LogP contribution < -0.4 is 10.1 Å². The van der Waals surface area contributed by atoms with Gasteiger partial charge in [0.25, 0.3) is 0 Å². The van der Waals surface area contributed by atoms with Gasteiger partial charge in [-0.3, -0.25) is 0 Å². The largest absolute Gasteiger partial charge is 0.492 e. The molecule has 4 nitrogen and oxygen atoms in total. The zero-order chi connectivity index (χ0) is 17.0. The Labute approximate surface area is 156 Å². The average molecular weight is 464 g/mol. The van der Waals surface area contributed by atoms with Crippen molar-refractivity contribution in [2.75, 3.05) is 11.9 Å². The van der Waals surface area contributed by atoms with Gasteiger partial charge in [-0.25, -0.2) is 4.79 Å². The van der Waals surface area contributed by atoms with Crippen LogP contribution in [-0.4, -0.2) is 17.7 Å². The van der Waals surface area contributed by atoms with Gasteiger partial charge < -0.3 is 15.2 Å². The molecule has 23 heavy (non-hydrogen) atoms. The van der Waals surface area contributed by atoms with Crippen molar-refractivity contribution in [2.45, 2.75) is 13.5 Å². The van der Waals surface area contributed by atoms with Crippen LogP contribution in [0.2, 0.25) is 5.02 Å². The molecule has 0 atom stereocenters. The first kappa shape index (κ1) is 18.1. The second-order valence-corrected chi connectivity index (χ2v) is 6.79. The van der Waals surface area contributed by atoms with Gasteiger partial charge in [0, 0.05) is 6.54 Å². The maximum absolute atomic E-state index is 11.0. The van der Waals surface area contributed by atoms with Gasteiger partial charge in [0.15, 0.2) is 0 Å². The van der Waals surface area contributed by atoms with E-state index >= 15 is 0 Å². The molecule has 0 fully saturated rings. The SMILES string of the molecule is CCOc1c(Br)cc(CNc2cc(C(=O)O)ccc2Cl)cc1Br. The Balaban J connectivity index is 2.18. The van der Waals surface area contributed by atoms with E-state index in [0.717, 1.165) is 20.3 Å². The highest BCUT2D eigenvalue weighted by Gasteiger charge is 2.10. The van der Waals surface area contributed by atoms with Crippen LogP contribution in [-0.2, 0) is 6.54 Å². The minimum Gasteiger partial charge on any atom is -0.492 e. The second kappa shape index (κ2) is 8.04. The number of carboxylic acids is 1. The van der Waals surface area contributed by atoms with Gasteiger partial charge >= 0.3 is 5.97 Å². The van der Waals surface area contributed by atoms with Gasteiger partial charge in [-0.2, -0.15) is 0 Å². The molecule has 2 aromatic rings. The predicted molar refractivity (Wildman–Crippen MR) is 98.7 cm³/mol. The Morgan fingerprint density at radius 2 is 1.91 bits per heavy atom. The van der Waals surface area contributed by atoms with E-state index in [1.54, 1.807) is 6.07 Å². The van der Waals surface area contributed by atoms with Gasteiger partial charge in [-0.1, -0.05) is 11.6 Å². The first-order valence-corrected chi connectivity index (χ1v) is 8.76. The highest BCUT2D eigenvalue weighted by molar-refractivity contribution is 9.11. The van der Waals surface area contributed by atoms with Crippen molar-refractivity contribution in [2.24, 2.45) is 0 Å². The van der Waals surface area contributed by atoms with Crippen molar-refractivity contribution >= 4 is 55.1 Å². The minimum absolute atomic E-state index is 0.186. The van der Waals surface area contributed by atoms with E-state index in [-0.39, 0.29) is 5.56 Å². The first-order chi connectivity index (χ1) is 10.9. The van der Waals surface area contributed by atoms with Crippen LogP contribution in [0.5, 0.6) is 5.75 Å². The Morgan fingerprint density at radius 1 is 1.26 bits per heavy atom. The molecule has 2 N–H and O–H groups in total. The number of ether oxygens (including phenoxy) is 1. The Morgan fingerprint density at radius 3 is 2.48 bits per heavy atom. The van der Waals surface area contributed by atoms with Gasteiger partial charge in [-0.15, -0.1) is 0 Å². The summed E-state index contributed by atoms with van der Waals surface area (Å²) < 4.78 is 7.23. The zero-order valence-corrected chi connectivity index (χ0v) is 16.1. The fraction of sp³-hybridized carbons (Fsp3) is 0.188. The van der Waals surface area contributed by atoms with Gasteiger partial charge in [0.2, 0.25) is 0 Å². The van der Waals surface area contributed by atoms with Crippen LogP contribution in [0, 0.1) is 0 Å². The third-order valence-corrected chi connectivity index (χ3v) is 4.55. The van der Waals surface area contributed by atoms with Crippen LogP contribution in [0.25, 0.3) is 0 Å². The van der Waals surface area contributed by atoms with E-state index < -0.39 is 5.97 Å². The van der Waals surface area contributed by atoms with Gasteiger partial charge in [0.05, 0.1) is 31.8 Å². The predicted octanol–water partition coefficient (Wildman–Crippen LogP) is 5.57. The van der Waals surface area contributed by atoms with Crippen molar-refractivity contribution < 1.29 is 14.6 Å². The lowest BCUT2D eigenvalue weighted by Gasteiger charge is -2.13. The maximum Gasteiger partial charge on any atom is 0.335 e. The molecule has 0 saturated carbocycles. The summed E-state index contributed by atoms with van der Waals surface area (Å²) in [4.78, 5) is 11.0. The number of hydrogen-bond donors (Lipinski definition) is 2. The van der Waals surface area contributed by atoms with Crippen molar-refractivity contribution in [1.82, 2.24) is 0 Å². The van der Waals surface area contributed by atoms with Crippen LogP contribution in [0.4, 0.5) is 5.69 Å². The fourth-order valence-corrected chi connectivity index (χ4v) is 3.68. The third kappa shape index (κ3) is 4.62. The lowest BCUT2D eigenvalue weighted by Crippen LogP contribution is -2.03. The highest BCUT2D eigenvalue weighted by atomic mass is 79.9. The summed E-state index contributed by atoms with van der Waals surface area (Å²) >= 11 is 13.1.